The van der Waals surface area contributed by atoms with Crippen molar-refractivity contribution in [2.45, 2.75) is 58.3 Å². The van der Waals surface area contributed by atoms with Crippen molar-refractivity contribution in [1.82, 2.24) is 9.13 Å². The summed E-state index contributed by atoms with van der Waals surface area (Å²) in [4.78, 5) is 4.95. The topological polar surface area (TPSA) is 16.3 Å². The summed E-state index contributed by atoms with van der Waals surface area (Å²) in [7, 11) is 0. The lowest BCUT2D eigenvalue weighted by molar-refractivity contribution is 0.631. The minimum Gasteiger partial charge on any atom is -0.310 e. The third-order valence-electron chi connectivity index (χ3n) is 17.0. The van der Waals surface area contributed by atoms with Gasteiger partial charge < -0.3 is 18.9 Å². The first-order valence-corrected chi connectivity index (χ1v) is 27.2. The van der Waals surface area contributed by atoms with Crippen molar-refractivity contribution in [3.8, 4) is 5.69 Å². The van der Waals surface area contributed by atoms with Gasteiger partial charge in [-0.2, -0.15) is 0 Å². The number of allylic oxidation sites excluding steroid dienone is 9. The first-order valence-electron chi connectivity index (χ1n) is 27.2. The molecular formula is C73H60N4. The van der Waals surface area contributed by atoms with Crippen LogP contribution in [0.5, 0.6) is 0 Å². The van der Waals surface area contributed by atoms with Crippen LogP contribution in [0.2, 0.25) is 0 Å². The molecule has 0 unspecified atom stereocenters. The smallest absolute Gasteiger partial charge is 0.0542 e. The van der Waals surface area contributed by atoms with E-state index in [9.17, 15) is 0 Å². The van der Waals surface area contributed by atoms with Gasteiger partial charge in [0.2, 0.25) is 0 Å². The molecule has 0 atom stereocenters. The number of fused-ring (bicyclic) bond motifs is 10. The van der Waals surface area contributed by atoms with Gasteiger partial charge in [-0.25, -0.2) is 0 Å². The third-order valence-corrected chi connectivity index (χ3v) is 17.0. The molecule has 0 saturated heterocycles. The molecule has 11 aromatic rings. The molecule has 0 bridgehead atoms. The number of nitrogens with zero attached hydrogens (tertiary/aromatic N) is 4. The summed E-state index contributed by atoms with van der Waals surface area (Å²) in [6.07, 6.45) is 15.8. The molecule has 0 fully saturated rings. The molecule has 1 aliphatic carbocycles. The standard InChI is InChI=1S/C73H60N4/c1-7-49(51-37-41-71-63(45-51)73(5,6)61-29-17-21-33-69(61)77(71)55-39-43-67-59(47-55)57-27-15-19-31-65(57)75(67)53-24-12-9-13-25-53)35-34-48(2)50-36-40-70-62(44-50)72(3,4)60-28-16-20-32-68(60)76(70)54-38-42-66-58(46-54)56-26-14-18-30-64(56)74(66)52-22-10-8-11-23-52/h7,9-10,12-47H,2,8,11H2,1,3-6H3/b35-34-,49-7+. The number of hydrogen-bond acceptors (Lipinski definition) is 2. The van der Waals surface area contributed by atoms with Crippen molar-refractivity contribution in [1.29, 1.82) is 0 Å². The molecule has 372 valence electrons. The average Bonchev–Trinajstić information content (AvgIpc) is 4.13. The van der Waals surface area contributed by atoms with Gasteiger partial charge in [0.1, 0.15) is 0 Å². The van der Waals surface area contributed by atoms with Gasteiger partial charge in [0, 0.05) is 55.1 Å². The lowest BCUT2D eigenvalue weighted by Gasteiger charge is -2.42. The van der Waals surface area contributed by atoms with Gasteiger partial charge in [-0.05, 0) is 167 Å². The molecule has 4 heterocycles. The Bertz CT molecular complexity index is 4370. The minimum atomic E-state index is -0.258. The van der Waals surface area contributed by atoms with E-state index in [4.69, 9.17) is 6.58 Å². The van der Waals surface area contributed by atoms with Gasteiger partial charge in [0.15, 0.2) is 0 Å². The highest BCUT2D eigenvalue weighted by Gasteiger charge is 2.39. The average molecular weight is 993 g/mol. The maximum absolute atomic E-state index is 4.72. The molecule has 3 aliphatic rings. The molecule has 0 saturated carbocycles. The second kappa shape index (κ2) is 17.7. The second-order valence-corrected chi connectivity index (χ2v) is 22.1. The Hall–Kier alpha value is -9.12. The summed E-state index contributed by atoms with van der Waals surface area (Å²) in [6, 6.07) is 74.2. The third kappa shape index (κ3) is 7.19. The Morgan fingerprint density at radius 2 is 0.922 bits per heavy atom. The Balaban J connectivity index is 0.811. The minimum absolute atomic E-state index is 0.255. The molecule has 2 aliphatic heterocycles. The quantitative estimate of drug-likeness (QED) is 0.141. The van der Waals surface area contributed by atoms with Crippen LogP contribution in [0.1, 0.15) is 80.8 Å². The largest absolute Gasteiger partial charge is 0.310 e. The first-order chi connectivity index (χ1) is 37.6. The Labute approximate surface area is 451 Å². The molecule has 14 rings (SSSR count). The van der Waals surface area contributed by atoms with Crippen LogP contribution in [0.25, 0.3) is 66.1 Å². The van der Waals surface area contributed by atoms with E-state index in [0.29, 0.717) is 0 Å². The number of hydrogen-bond donors (Lipinski definition) is 0. The van der Waals surface area contributed by atoms with E-state index < -0.39 is 0 Å². The molecule has 0 amide bonds. The maximum atomic E-state index is 4.72. The summed E-state index contributed by atoms with van der Waals surface area (Å²) in [6.45, 7) is 16.3. The highest BCUT2D eigenvalue weighted by Crippen LogP contribution is 2.55. The number of para-hydroxylation sites is 5. The van der Waals surface area contributed by atoms with Crippen LogP contribution >= 0.6 is 0 Å². The lowest BCUT2D eigenvalue weighted by Crippen LogP contribution is -2.30. The van der Waals surface area contributed by atoms with Crippen LogP contribution in [-0.2, 0) is 10.8 Å². The van der Waals surface area contributed by atoms with Gasteiger partial charge in [-0.1, -0.05) is 168 Å². The SMILES string of the molecule is C=C(/C=C\C(=C/C)c1ccc2c(c1)C(C)(C)c1ccccc1N2c1ccc2c(c1)c1ccccc1n2-c1ccccc1)c1ccc2c(c1)C(C)(C)c1ccccc1N2c1ccc2c(c1)c1ccccc1n2C1=CCCC=C1. The molecule has 0 radical (unpaired) electrons. The van der Waals surface area contributed by atoms with Gasteiger partial charge in [-0.15, -0.1) is 0 Å². The summed E-state index contributed by atoms with van der Waals surface area (Å²) in [5.41, 5.74) is 23.4. The summed E-state index contributed by atoms with van der Waals surface area (Å²) in [5, 5.41) is 4.99. The molecule has 9 aromatic carbocycles. The number of anilines is 6. The monoisotopic (exact) mass is 992 g/mol. The zero-order valence-corrected chi connectivity index (χ0v) is 44.4. The fourth-order valence-corrected chi connectivity index (χ4v) is 13.1. The Morgan fingerprint density at radius 1 is 0.429 bits per heavy atom. The molecule has 0 spiro atoms. The molecule has 2 aromatic heterocycles. The van der Waals surface area contributed by atoms with E-state index in [0.717, 1.165) is 46.6 Å². The van der Waals surface area contributed by atoms with Crippen LogP contribution in [0.4, 0.5) is 34.1 Å². The molecule has 4 heteroatoms. The van der Waals surface area contributed by atoms with Gasteiger partial charge in [-0.3, -0.25) is 0 Å². The van der Waals surface area contributed by atoms with Crippen molar-refractivity contribution in [2.24, 2.45) is 0 Å². The van der Waals surface area contributed by atoms with Crippen LogP contribution in [0.15, 0.2) is 243 Å². The van der Waals surface area contributed by atoms with Crippen molar-refractivity contribution < 1.29 is 0 Å². The van der Waals surface area contributed by atoms with E-state index >= 15 is 0 Å². The fraction of sp³-hybridized carbons (Fsp3) is 0.123. The van der Waals surface area contributed by atoms with Crippen LogP contribution in [0.3, 0.4) is 0 Å². The predicted molar refractivity (Wildman–Crippen MR) is 328 cm³/mol. The number of rotatable bonds is 8. The van der Waals surface area contributed by atoms with Crippen molar-refractivity contribution in [2.75, 3.05) is 9.80 Å². The molecular weight excluding hydrogens is 933 g/mol. The summed E-state index contributed by atoms with van der Waals surface area (Å²) >= 11 is 0. The van der Waals surface area contributed by atoms with Gasteiger partial charge in [0.05, 0.1) is 44.8 Å². The highest BCUT2D eigenvalue weighted by molar-refractivity contribution is 6.13. The lowest BCUT2D eigenvalue weighted by atomic mass is 9.72. The number of aromatic nitrogens is 2. The molecule has 0 N–H and O–H groups in total. The zero-order valence-electron chi connectivity index (χ0n) is 44.4. The van der Waals surface area contributed by atoms with E-state index in [1.165, 1.54) is 99.9 Å². The highest BCUT2D eigenvalue weighted by atomic mass is 15.2. The normalized spacial score (nSPS) is 15.5. The molecule has 77 heavy (non-hydrogen) atoms. The fourth-order valence-electron chi connectivity index (χ4n) is 13.1. The Kier molecular flexibility index (Phi) is 10.7. The second-order valence-electron chi connectivity index (χ2n) is 22.1. The van der Waals surface area contributed by atoms with E-state index in [1.54, 1.807) is 0 Å². The van der Waals surface area contributed by atoms with Crippen molar-refractivity contribution in [3.05, 3.63) is 277 Å². The molecule has 4 nitrogen and oxygen atoms in total. The van der Waals surface area contributed by atoms with Crippen LogP contribution in [-0.4, -0.2) is 9.13 Å². The van der Waals surface area contributed by atoms with Gasteiger partial charge in [0.25, 0.3) is 0 Å². The van der Waals surface area contributed by atoms with Gasteiger partial charge >= 0.3 is 0 Å². The van der Waals surface area contributed by atoms with Crippen LogP contribution in [0, 0.1) is 0 Å². The van der Waals surface area contributed by atoms with Crippen LogP contribution < -0.4 is 9.80 Å². The van der Waals surface area contributed by atoms with Crippen molar-refractivity contribution in [3.63, 3.8) is 0 Å². The zero-order chi connectivity index (χ0) is 52.2. The van der Waals surface area contributed by atoms with E-state index in [-0.39, 0.29) is 10.8 Å². The number of benzene rings is 9. The van der Waals surface area contributed by atoms with E-state index in [2.05, 4.69) is 290 Å². The Morgan fingerprint density at radius 3 is 1.51 bits per heavy atom. The summed E-state index contributed by atoms with van der Waals surface area (Å²) in [5.74, 6) is 0. The predicted octanol–water partition coefficient (Wildman–Crippen LogP) is 20.0. The maximum Gasteiger partial charge on any atom is 0.0542 e. The first kappa shape index (κ1) is 46.4. The van der Waals surface area contributed by atoms with E-state index in [1.807, 2.05) is 0 Å². The van der Waals surface area contributed by atoms with Crippen molar-refractivity contribution >= 4 is 94.6 Å². The summed E-state index contributed by atoms with van der Waals surface area (Å²) < 4.78 is 4.82.